The lowest BCUT2D eigenvalue weighted by Crippen LogP contribution is -2.43. The summed E-state index contributed by atoms with van der Waals surface area (Å²) >= 11 is 3.15. The molecule has 0 saturated heterocycles. The molecule has 0 saturated carbocycles. The van der Waals surface area contributed by atoms with Crippen molar-refractivity contribution in [1.29, 1.82) is 0 Å². The fourth-order valence-electron chi connectivity index (χ4n) is 1.03. The van der Waals surface area contributed by atoms with Gasteiger partial charge >= 0.3 is 5.97 Å². The third-order valence-electron chi connectivity index (χ3n) is 1.90. The van der Waals surface area contributed by atoms with E-state index >= 15 is 0 Å². The zero-order valence-electron chi connectivity index (χ0n) is 8.50. The number of halogens is 1. The first-order valence-corrected chi connectivity index (χ1v) is 6.76. The predicted octanol–water partition coefficient (Wildman–Crippen LogP) is 0.173. The van der Waals surface area contributed by atoms with Crippen LogP contribution in [0.25, 0.3) is 0 Å². The molecule has 1 rings (SSSR count). The zero-order valence-corrected chi connectivity index (χ0v) is 10.9. The van der Waals surface area contributed by atoms with E-state index in [0.29, 0.717) is 4.47 Å². The number of aliphatic carboxylic acids is 1. The molecule has 94 valence electrons. The summed E-state index contributed by atoms with van der Waals surface area (Å²) in [6, 6.07) is 4.13. The van der Waals surface area contributed by atoms with Gasteiger partial charge in [0.15, 0.2) is 0 Å². The van der Waals surface area contributed by atoms with Crippen molar-refractivity contribution < 1.29 is 23.4 Å². The van der Waals surface area contributed by atoms with Crippen molar-refractivity contribution in [2.75, 3.05) is 6.61 Å². The molecule has 3 N–H and O–H groups in total. The fraction of sp³-hybridized carbons (Fsp3) is 0.222. The molecule has 0 aliphatic carbocycles. The standard InChI is InChI=1S/C9H10BrNO5S/c10-6-1-3-7(4-2-6)17(15,16)11-8(5-12)9(13)14/h1-4,8,11-12H,5H2,(H,13,14)/t8-/m0/s1. The number of carboxylic acids is 1. The minimum atomic E-state index is -3.95. The first-order chi connectivity index (χ1) is 7.86. The Morgan fingerprint density at radius 2 is 1.88 bits per heavy atom. The lowest BCUT2D eigenvalue weighted by Gasteiger charge is -2.12. The maximum absolute atomic E-state index is 11.7. The molecule has 6 nitrogen and oxygen atoms in total. The van der Waals surface area contributed by atoms with E-state index in [2.05, 4.69) is 15.9 Å². The van der Waals surface area contributed by atoms with Crippen molar-refractivity contribution in [2.45, 2.75) is 10.9 Å². The highest BCUT2D eigenvalue weighted by molar-refractivity contribution is 9.10. The van der Waals surface area contributed by atoms with Crippen LogP contribution in [0.15, 0.2) is 33.6 Å². The lowest BCUT2D eigenvalue weighted by molar-refractivity contribution is -0.139. The maximum atomic E-state index is 11.7. The van der Waals surface area contributed by atoms with Gasteiger partial charge in [-0.15, -0.1) is 0 Å². The quantitative estimate of drug-likeness (QED) is 0.716. The van der Waals surface area contributed by atoms with Crippen molar-refractivity contribution in [3.63, 3.8) is 0 Å². The predicted molar refractivity (Wildman–Crippen MR) is 63.0 cm³/mol. The lowest BCUT2D eigenvalue weighted by atomic mass is 10.3. The van der Waals surface area contributed by atoms with Gasteiger partial charge in [-0.1, -0.05) is 15.9 Å². The number of carboxylic acid groups (broad SMARTS) is 1. The van der Waals surface area contributed by atoms with Crippen LogP contribution in [-0.4, -0.2) is 37.2 Å². The Kier molecular flexibility index (Phi) is 4.63. The van der Waals surface area contributed by atoms with Crippen LogP contribution in [0.5, 0.6) is 0 Å². The van der Waals surface area contributed by atoms with E-state index < -0.39 is 28.6 Å². The molecule has 0 aliphatic heterocycles. The smallest absolute Gasteiger partial charge is 0.324 e. The van der Waals surface area contributed by atoms with Crippen LogP contribution in [0, 0.1) is 0 Å². The molecule has 0 radical (unpaired) electrons. The highest BCUT2D eigenvalue weighted by Crippen LogP contribution is 2.14. The minimum Gasteiger partial charge on any atom is -0.480 e. The second-order valence-corrected chi connectivity index (χ2v) is 5.78. The molecule has 17 heavy (non-hydrogen) atoms. The summed E-state index contributed by atoms with van der Waals surface area (Å²) in [5, 5.41) is 17.4. The summed E-state index contributed by atoms with van der Waals surface area (Å²) in [7, 11) is -3.95. The van der Waals surface area contributed by atoms with Crippen molar-refractivity contribution in [1.82, 2.24) is 4.72 Å². The zero-order chi connectivity index (χ0) is 13.1. The number of aliphatic hydroxyl groups is 1. The Morgan fingerprint density at radius 3 is 2.29 bits per heavy atom. The average molecular weight is 324 g/mol. The molecular formula is C9H10BrNO5S. The minimum absolute atomic E-state index is 0.0691. The van der Waals surface area contributed by atoms with Crippen LogP contribution in [0.1, 0.15) is 0 Å². The van der Waals surface area contributed by atoms with Gasteiger partial charge in [0, 0.05) is 4.47 Å². The maximum Gasteiger partial charge on any atom is 0.324 e. The summed E-state index contributed by atoms with van der Waals surface area (Å²) < 4.78 is 26.0. The summed E-state index contributed by atoms with van der Waals surface area (Å²) in [5.41, 5.74) is 0. The number of carbonyl (C=O) groups is 1. The van der Waals surface area contributed by atoms with Gasteiger partial charge in [0.05, 0.1) is 11.5 Å². The van der Waals surface area contributed by atoms with E-state index in [4.69, 9.17) is 10.2 Å². The van der Waals surface area contributed by atoms with Gasteiger partial charge < -0.3 is 10.2 Å². The van der Waals surface area contributed by atoms with E-state index in [-0.39, 0.29) is 4.90 Å². The van der Waals surface area contributed by atoms with Crippen molar-refractivity contribution in [2.24, 2.45) is 0 Å². The van der Waals surface area contributed by atoms with Crippen molar-refractivity contribution in [3.05, 3.63) is 28.7 Å². The van der Waals surface area contributed by atoms with E-state index in [1.165, 1.54) is 24.3 Å². The first-order valence-electron chi connectivity index (χ1n) is 4.48. The average Bonchev–Trinajstić information content (AvgIpc) is 2.26. The summed E-state index contributed by atoms with van der Waals surface area (Å²) in [6.45, 7) is -0.814. The third-order valence-corrected chi connectivity index (χ3v) is 3.92. The van der Waals surface area contributed by atoms with Crippen LogP contribution >= 0.6 is 15.9 Å². The first kappa shape index (κ1) is 14.1. The number of hydrogen-bond donors (Lipinski definition) is 3. The van der Waals surface area contributed by atoms with Gasteiger partial charge in [-0.05, 0) is 24.3 Å². The highest BCUT2D eigenvalue weighted by atomic mass is 79.9. The third kappa shape index (κ3) is 3.77. The van der Waals surface area contributed by atoms with E-state index in [0.717, 1.165) is 0 Å². The van der Waals surface area contributed by atoms with Crippen molar-refractivity contribution >= 4 is 31.9 Å². The molecular weight excluding hydrogens is 314 g/mol. The second kappa shape index (κ2) is 5.58. The van der Waals surface area contributed by atoms with Gasteiger partial charge in [-0.25, -0.2) is 8.42 Å². The van der Waals surface area contributed by atoms with E-state index in [1.54, 1.807) is 0 Å². The summed E-state index contributed by atoms with van der Waals surface area (Å²) in [5.74, 6) is -1.44. The van der Waals surface area contributed by atoms with Crippen LogP contribution < -0.4 is 4.72 Å². The molecule has 0 aliphatic rings. The van der Waals surface area contributed by atoms with Crippen LogP contribution in [0.3, 0.4) is 0 Å². The number of nitrogens with one attached hydrogen (secondary N) is 1. The number of benzene rings is 1. The monoisotopic (exact) mass is 323 g/mol. The van der Waals surface area contributed by atoms with Gasteiger partial charge in [0.2, 0.25) is 10.0 Å². The largest absolute Gasteiger partial charge is 0.480 e. The summed E-state index contributed by atoms with van der Waals surface area (Å²) in [6.07, 6.45) is 0. The highest BCUT2D eigenvalue weighted by Gasteiger charge is 2.24. The molecule has 0 fully saturated rings. The molecule has 0 spiro atoms. The Bertz CT molecular complexity index is 499. The van der Waals surface area contributed by atoms with Crippen molar-refractivity contribution in [3.8, 4) is 0 Å². The van der Waals surface area contributed by atoms with Crippen LogP contribution in [-0.2, 0) is 14.8 Å². The molecule has 1 atom stereocenters. The molecule has 0 heterocycles. The molecule has 1 aromatic rings. The Hall–Kier alpha value is -0.960. The molecule has 1 aromatic carbocycles. The van der Waals surface area contributed by atoms with Gasteiger partial charge in [-0.2, -0.15) is 4.72 Å². The van der Waals surface area contributed by atoms with Crippen LogP contribution in [0.4, 0.5) is 0 Å². The molecule has 0 unspecified atom stereocenters. The number of aliphatic hydroxyl groups excluding tert-OH is 1. The van der Waals surface area contributed by atoms with Gasteiger partial charge in [0.25, 0.3) is 0 Å². The molecule has 8 heteroatoms. The molecule has 0 aromatic heterocycles. The molecule has 0 amide bonds. The number of hydrogen-bond acceptors (Lipinski definition) is 4. The van der Waals surface area contributed by atoms with Gasteiger partial charge in [0.1, 0.15) is 6.04 Å². The normalized spacial score (nSPS) is 13.3. The number of sulfonamides is 1. The molecule has 0 bridgehead atoms. The van der Waals surface area contributed by atoms with Crippen LogP contribution in [0.2, 0.25) is 0 Å². The Morgan fingerprint density at radius 1 is 1.35 bits per heavy atom. The van der Waals surface area contributed by atoms with E-state index in [1.807, 2.05) is 4.72 Å². The number of rotatable bonds is 5. The Labute approximate surface area is 106 Å². The Balaban J connectivity index is 2.96. The summed E-state index contributed by atoms with van der Waals surface area (Å²) in [4.78, 5) is 10.5. The fourth-order valence-corrected chi connectivity index (χ4v) is 2.48. The topological polar surface area (TPSA) is 104 Å². The van der Waals surface area contributed by atoms with E-state index in [9.17, 15) is 13.2 Å². The van der Waals surface area contributed by atoms with Gasteiger partial charge in [-0.3, -0.25) is 4.79 Å². The second-order valence-electron chi connectivity index (χ2n) is 3.15. The SMILES string of the molecule is O=C(O)[C@H](CO)NS(=O)(=O)c1ccc(Br)cc1.